The van der Waals surface area contributed by atoms with Gasteiger partial charge >= 0.3 is 0 Å². The van der Waals surface area contributed by atoms with Gasteiger partial charge in [0.2, 0.25) is 10.0 Å². The third-order valence-corrected chi connectivity index (χ3v) is 5.95. The highest BCUT2D eigenvalue weighted by Gasteiger charge is 2.43. The van der Waals surface area contributed by atoms with E-state index in [-0.39, 0.29) is 23.7 Å². The third-order valence-electron chi connectivity index (χ3n) is 4.40. The van der Waals surface area contributed by atoms with Gasteiger partial charge in [-0.3, -0.25) is 0 Å². The summed E-state index contributed by atoms with van der Waals surface area (Å²) in [6.45, 7) is 6.09. The van der Waals surface area contributed by atoms with E-state index in [1.807, 2.05) is 32.9 Å². The van der Waals surface area contributed by atoms with Crippen molar-refractivity contribution in [3.63, 3.8) is 0 Å². The lowest BCUT2D eigenvalue weighted by atomic mass is 9.87. The number of rotatable bonds is 3. The van der Waals surface area contributed by atoms with Crippen LogP contribution < -0.4 is 4.72 Å². The highest BCUT2D eigenvalue weighted by Crippen LogP contribution is 2.36. The van der Waals surface area contributed by atoms with Crippen LogP contribution in [-0.2, 0) is 20.2 Å². The van der Waals surface area contributed by atoms with Crippen LogP contribution in [-0.4, -0.2) is 26.7 Å². The molecule has 3 rings (SSSR count). The van der Waals surface area contributed by atoms with E-state index in [0.717, 1.165) is 24.8 Å². The van der Waals surface area contributed by atoms with Crippen LogP contribution in [0.1, 0.15) is 45.6 Å². The van der Waals surface area contributed by atoms with E-state index in [0.29, 0.717) is 4.90 Å². The van der Waals surface area contributed by atoms with Gasteiger partial charge in [0.25, 0.3) is 0 Å². The van der Waals surface area contributed by atoms with Gasteiger partial charge in [-0.2, -0.15) is 0 Å². The van der Waals surface area contributed by atoms with Crippen molar-refractivity contribution < 1.29 is 13.2 Å². The summed E-state index contributed by atoms with van der Waals surface area (Å²) >= 11 is 0. The number of hydrogen-bond donors (Lipinski definition) is 1. The normalized spacial score (nSPS) is 29.0. The minimum atomic E-state index is -3.51. The molecule has 0 spiro atoms. The Balaban J connectivity index is 1.89. The molecule has 0 unspecified atom stereocenters. The maximum atomic E-state index is 12.8. The van der Waals surface area contributed by atoms with Crippen molar-refractivity contribution in [1.82, 2.24) is 4.72 Å². The van der Waals surface area contributed by atoms with E-state index in [1.54, 1.807) is 12.1 Å². The van der Waals surface area contributed by atoms with E-state index < -0.39 is 10.0 Å². The molecule has 0 saturated carbocycles. The summed E-state index contributed by atoms with van der Waals surface area (Å²) in [5.41, 5.74) is 0.637. The molecule has 2 aliphatic rings. The molecule has 1 N–H and O–H groups in total. The molecule has 2 saturated heterocycles. The lowest BCUT2D eigenvalue weighted by Crippen LogP contribution is -2.41. The van der Waals surface area contributed by atoms with E-state index in [1.165, 1.54) is 0 Å². The fourth-order valence-corrected chi connectivity index (χ4v) is 5.04. The molecule has 2 aliphatic heterocycles. The summed E-state index contributed by atoms with van der Waals surface area (Å²) in [7, 11) is -3.51. The number of benzene rings is 1. The Hall–Kier alpha value is -0.910. The van der Waals surface area contributed by atoms with Crippen LogP contribution in [0.15, 0.2) is 29.2 Å². The molecular formula is C16H23NO3S. The smallest absolute Gasteiger partial charge is 0.241 e. The second-order valence-electron chi connectivity index (χ2n) is 7.08. The summed E-state index contributed by atoms with van der Waals surface area (Å²) < 4.78 is 34.1. The fraction of sp³-hybridized carbons (Fsp3) is 0.625. The van der Waals surface area contributed by atoms with Gasteiger partial charge in [0.1, 0.15) is 0 Å². The van der Waals surface area contributed by atoms with Crippen molar-refractivity contribution in [1.29, 1.82) is 0 Å². The zero-order valence-corrected chi connectivity index (χ0v) is 13.6. The van der Waals surface area contributed by atoms with Crippen molar-refractivity contribution in [3.8, 4) is 0 Å². The number of fused-ring (bicyclic) bond motifs is 2. The average Bonchev–Trinajstić information content (AvgIpc) is 2.99. The monoisotopic (exact) mass is 309 g/mol. The van der Waals surface area contributed by atoms with Crippen molar-refractivity contribution in [2.45, 2.75) is 68.6 Å². The highest BCUT2D eigenvalue weighted by atomic mass is 32.2. The Labute approximate surface area is 126 Å². The molecule has 0 radical (unpaired) electrons. The number of hydrogen-bond acceptors (Lipinski definition) is 3. The van der Waals surface area contributed by atoms with Gasteiger partial charge in [-0.1, -0.05) is 39.0 Å². The van der Waals surface area contributed by atoms with E-state index >= 15 is 0 Å². The van der Waals surface area contributed by atoms with E-state index in [4.69, 9.17) is 4.74 Å². The Morgan fingerprint density at radius 1 is 1.19 bits per heavy atom. The summed E-state index contributed by atoms with van der Waals surface area (Å²) in [6, 6.07) is 7.17. The minimum Gasteiger partial charge on any atom is -0.373 e. The maximum absolute atomic E-state index is 12.8. The van der Waals surface area contributed by atoms with Crippen LogP contribution in [0.3, 0.4) is 0 Å². The van der Waals surface area contributed by atoms with Gasteiger partial charge < -0.3 is 4.74 Å². The summed E-state index contributed by atoms with van der Waals surface area (Å²) in [5, 5.41) is 0. The number of sulfonamides is 1. The first kappa shape index (κ1) is 15.0. The van der Waals surface area contributed by atoms with Gasteiger partial charge in [0.15, 0.2) is 0 Å². The second-order valence-corrected chi connectivity index (χ2v) is 8.77. The van der Waals surface area contributed by atoms with E-state index in [2.05, 4.69) is 4.72 Å². The van der Waals surface area contributed by atoms with Crippen molar-refractivity contribution >= 4 is 10.0 Å². The molecule has 0 amide bonds. The van der Waals surface area contributed by atoms with Crippen molar-refractivity contribution in [3.05, 3.63) is 29.8 Å². The van der Waals surface area contributed by atoms with Crippen LogP contribution in [0.25, 0.3) is 0 Å². The first-order valence-corrected chi connectivity index (χ1v) is 9.03. The van der Waals surface area contributed by atoms with Crippen LogP contribution in [0.2, 0.25) is 0 Å². The topological polar surface area (TPSA) is 55.4 Å². The predicted molar refractivity (Wildman–Crippen MR) is 81.8 cm³/mol. The third kappa shape index (κ3) is 2.87. The second kappa shape index (κ2) is 5.07. The molecule has 0 aliphatic carbocycles. The lowest BCUT2D eigenvalue weighted by Gasteiger charge is -2.25. The molecule has 3 atom stereocenters. The van der Waals surface area contributed by atoms with Crippen LogP contribution in [0, 0.1) is 0 Å². The zero-order valence-electron chi connectivity index (χ0n) is 12.8. The maximum Gasteiger partial charge on any atom is 0.241 e. The van der Waals surface area contributed by atoms with Crippen LogP contribution >= 0.6 is 0 Å². The Morgan fingerprint density at radius 3 is 2.48 bits per heavy atom. The number of ether oxygens (including phenoxy) is 1. The molecule has 1 aromatic rings. The summed E-state index contributed by atoms with van der Waals surface area (Å²) in [5.74, 6) is 0. The quantitative estimate of drug-likeness (QED) is 0.933. The molecule has 2 bridgehead atoms. The predicted octanol–water partition coefficient (Wildman–Crippen LogP) is 2.58. The van der Waals surface area contributed by atoms with Crippen molar-refractivity contribution in [2.75, 3.05) is 0 Å². The molecule has 2 heterocycles. The molecular weight excluding hydrogens is 286 g/mol. The van der Waals surface area contributed by atoms with Gasteiger partial charge in [-0.15, -0.1) is 0 Å². The van der Waals surface area contributed by atoms with Gasteiger partial charge in [-0.25, -0.2) is 13.1 Å². The van der Waals surface area contributed by atoms with Gasteiger partial charge in [0.05, 0.1) is 23.1 Å². The first-order chi connectivity index (χ1) is 9.77. The molecule has 0 aromatic heterocycles. The molecule has 2 fully saturated rings. The largest absolute Gasteiger partial charge is 0.373 e. The Kier molecular flexibility index (Phi) is 3.62. The standard InChI is InChI=1S/C16H23NO3S/c1-16(2,3)12-6-4-5-7-15(12)21(18,19)17-13-10-11-8-9-14(13)20-11/h4-7,11,13-14,17H,8-10H2,1-3H3/t11-,13-,14-/m1/s1. The lowest BCUT2D eigenvalue weighted by molar-refractivity contribution is 0.0996. The van der Waals surface area contributed by atoms with Crippen LogP contribution in [0.5, 0.6) is 0 Å². The highest BCUT2D eigenvalue weighted by molar-refractivity contribution is 7.89. The first-order valence-electron chi connectivity index (χ1n) is 7.55. The molecule has 1 aromatic carbocycles. The Morgan fingerprint density at radius 2 is 1.90 bits per heavy atom. The fourth-order valence-electron chi connectivity index (χ4n) is 3.35. The summed E-state index contributed by atoms with van der Waals surface area (Å²) in [6.07, 6.45) is 3.09. The van der Waals surface area contributed by atoms with E-state index in [9.17, 15) is 8.42 Å². The molecule has 4 nitrogen and oxygen atoms in total. The molecule has 116 valence electrons. The molecule has 5 heteroatoms. The summed E-state index contributed by atoms with van der Waals surface area (Å²) in [4.78, 5) is 0.389. The van der Waals surface area contributed by atoms with Crippen LogP contribution in [0.4, 0.5) is 0 Å². The Bertz CT molecular complexity index is 633. The average molecular weight is 309 g/mol. The number of nitrogens with one attached hydrogen (secondary N) is 1. The SMILES string of the molecule is CC(C)(C)c1ccccc1S(=O)(=O)N[C@@H]1C[C@H]2CC[C@H]1O2. The van der Waals surface area contributed by atoms with Crippen molar-refractivity contribution in [2.24, 2.45) is 0 Å². The van der Waals surface area contributed by atoms with Gasteiger partial charge in [-0.05, 0) is 36.3 Å². The minimum absolute atomic E-state index is 0.0478. The van der Waals surface area contributed by atoms with Gasteiger partial charge in [0, 0.05) is 0 Å². The molecule has 21 heavy (non-hydrogen) atoms. The zero-order chi connectivity index (χ0) is 15.3.